The van der Waals surface area contributed by atoms with Crippen molar-refractivity contribution >= 4 is 55.9 Å². The molecule has 2 saturated carbocycles. The zero-order valence-corrected chi connectivity index (χ0v) is 41.0. The van der Waals surface area contributed by atoms with Gasteiger partial charge < -0.3 is 29.9 Å². The first-order valence-corrected chi connectivity index (χ1v) is 26.4. The van der Waals surface area contributed by atoms with E-state index in [1.165, 1.54) is 0 Å². The highest BCUT2D eigenvalue weighted by atomic mass is 19.1. The molecule has 5 saturated heterocycles. The fourth-order valence-electron chi connectivity index (χ4n) is 13.6. The van der Waals surface area contributed by atoms with Gasteiger partial charge in [-0.25, -0.2) is 8.78 Å². The normalized spacial score (nSPS) is 24.8. The number of pyridine rings is 1. The van der Waals surface area contributed by atoms with Crippen LogP contribution in [0.1, 0.15) is 82.7 Å². The van der Waals surface area contributed by atoms with E-state index in [4.69, 9.17) is 19.7 Å². The quantitative estimate of drug-likeness (QED) is 0.107. The maximum Gasteiger partial charge on any atom is 0.319 e. The van der Waals surface area contributed by atoms with E-state index in [-0.39, 0.29) is 45.6 Å². The number of nitrogens with zero attached hydrogens (tertiary/aromatic N) is 9. The predicted octanol–water partition coefficient (Wildman–Crippen LogP) is 7.09. The van der Waals surface area contributed by atoms with E-state index in [0.717, 1.165) is 137 Å². The SMILES string of the molecule is CCc1cccc2cc(O)cc(-c3ncc4c(N5CC6CCC(C5)N6)nc(OCC5(CN6CCC7(CC6)CC(F)(CN6CCN(c8ccc9c(cnn9C9CCC(=O)NC9=O)c8)CC6)C7)CC5)nc4c3F)c12. The van der Waals surface area contributed by atoms with Crippen LogP contribution in [0.5, 0.6) is 11.8 Å². The minimum atomic E-state index is -1.16. The molecule has 2 amide bonds. The number of halogens is 2. The first kappa shape index (κ1) is 45.8. The van der Waals surface area contributed by atoms with E-state index in [1.807, 2.05) is 24.3 Å². The Kier molecular flexibility index (Phi) is 11.2. The molecule has 376 valence electrons. The summed E-state index contributed by atoms with van der Waals surface area (Å²) in [6.45, 7) is 10.5. The molecule has 5 aliphatic heterocycles. The Hall–Kier alpha value is -6.04. The lowest BCUT2D eigenvalue weighted by Gasteiger charge is -2.57. The number of imide groups is 1. The summed E-state index contributed by atoms with van der Waals surface area (Å²) in [7, 11) is 0. The van der Waals surface area contributed by atoms with Gasteiger partial charge >= 0.3 is 6.01 Å². The maximum atomic E-state index is 17.2. The van der Waals surface area contributed by atoms with Crippen molar-refractivity contribution in [3.05, 3.63) is 72.3 Å². The molecule has 8 heterocycles. The van der Waals surface area contributed by atoms with Crippen LogP contribution in [-0.4, -0.2) is 141 Å². The van der Waals surface area contributed by atoms with Gasteiger partial charge in [0.2, 0.25) is 5.91 Å². The number of hydrogen-bond acceptors (Lipinski definition) is 13. The summed E-state index contributed by atoms with van der Waals surface area (Å²) in [6, 6.07) is 15.8. The third kappa shape index (κ3) is 8.38. The van der Waals surface area contributed by atoms with Crippen molar-refractivity contribution in [2.75, 3.05) is 81.9 Å². The molecule has 0 radical (unpaired) electrons. The molecule has 3 aromatic carbocycles. The second kappa shape index (κ2) is 17.6. The van der Waals surface area contributed by atoms with E-state index in [1.54, 1.807) is 29.2 Å². The van der Waals surface area contributed by atoms with Crippen LogP contribution >= 0.6 is 0 Å². The second-order valence-electron chi connectivity index (χ2n) is 22.5. The fraction of sp³-hybridized carbons (Fsp3) is 0.527. The Morgan fingerprint density at radius 1 is 0.847 bits per heavy atom. The number of phenols is 1. The zero-order chi connectivity index (χ0) is 48.9. The van der Waals surface area contributed by atoms with Crippen LogP contribution in [0.4, 0.5) is 20.3 Å². The first-order valence-electron chi connectivity index (χ1n) is 26.4. The lowest BCUT2D eigenvalue weighted by atomic mass is 9.55. The van der Waals surface area contributed by atoms with E-state index in [0.29, 0.717) is 67.7 Å². The van der Waals surface area contributed by atoms with E-state index in [9.17, 15) is 14.7 Å². The summed E-state index contributed by atoms with van der Waals surface area (Å²) < 4.78 is 42.0. The number of nitrogens with one attached hydrogen (secondary N) is 2. The number of hydrogen-bond donors (Lipinski definition) is 3. The Bertz CT molecular complexity index is 3110. The third-order valence-corrected chi connectivity index (χ3v) is 17.5. The van der Waals surface area contributed by atoms with Gasteiger partial charge in [-0.15, -0.1) is 0 Å². The van der Waals surface area contributed by atoms with Crippen LogP contribution in [0.15, 0.2) is 60.9 Å². The van der Waals surface area contributed by atoms with E-state index in [2.05, 4.69) is 54.4 Å². The van der Waals surface area contributed by atoms with Crippen molar-refractivity contribution in [3.8, 4) is 23.0 Å². The Balaban J connectivity index is 0.636. The number of fused-ring (bicyclic) bond motifs is 5. The number of anilines is 2. The van der Waals surface area contributed by atoms with Gasteiger partial charge in [-0.05, 0) is 129 Å². The molecule has 3 unspecified atom stereocenters. The molecule has 7 fully saturated rings. The number of aromatic hydroxyl groups is 1. The smallest absolute Gasteiger partial charge is 0.319 e. The number of piperazine rings is 2. The minimum Gasteiger partial charge on any atom is -0.508 e. The molecule has 3 atom stereocenters. The summed E-state index contributed by atoms with van der Waals surface area (Å²) >= 11 is 0. The lowest BCUT2D eigenvalue weighted by Crippen LogP contribution is -2.60. The first-order chi connectivity index (χ1) is 34.9. The summed E-state index contributed by atoms with van der Waals surface area (Å²) in [5.41, 5.74) is 2.72. The summed E-state index contributed by atoms with van der Waals surface area (Å²) in [4.78, 5) is 48.2. The fourth-order valence-corrected chi connectivity index (χ4v) is 13.6. The second-order valence-corrected chi connectivity index (χ2v) is 22.5. The molecule has 17 heteroatoms. The van der Waals surface area contributed by atoms with Crippen molar-refractivity contribution in [1.82, 2.24) is 45.2 Å². The number of benzene rings is 3. The molecule has 3 N–H and O–H groups in total. The Morgan fingerprint density at radius 3 is 2.38 bits per heavy atom. The number of rotatable bonds is 12. The van der Waals surface area contributed by atoms with Gasteiger partial charge in [-0.1, -0.05) is 25.1 Å². The molecule has 1 spiro atoms. The number of aromatic nitrogens is 5. The lowest BCUT2D eigenvalue weighted by molar-refractivity contribution is -0.135. The van der Waals surface area contributed by atoms with Gasteiger partial charge in [-0.2, -0.15) is 15.1 Å². The molecular formula is C55H63F2N11O4. The average Bonchev–Trinajstić information content (AvgIpc) is 3.88. The monoisotopic (exact) mass is 980 g/mol. The number of likely N-dealkylation sites (tertiary alicyclic amines) is 1. The maximum absolute atomic E-state index is 17.2. The number of amides is 2. The minimum absolute atomic E-state index is 0.0365. The summed E-state index contributed by atoms with van der Waals surface area (Å²) in [5.74, 6) is -0.407. The van der Waals surface area contributed by atoms with Crippen molar-refractivity contribution in [2.24, 2.45) is 10.8 Å². The van der Waals surface area contributed by atoms with Gasteiger partial charge in [0.05, 0.1) is 23.7 Å². The number of piperidine rings is 2. The van der Waals surface area contributed by atoms with Gasteiger partial charge in [0.15, 0.2) is 5.82 Å². The van der Waals surface area contributed by atoms with Crippen LogP contribution in [0.25, 0.3) is 43.8 Å². The molecule has 72 heavy (non-hydrogen) atoms. The molecule has 15 nitrogen and oxygen atoms in total. The molecule has 2 bridgehead atoms. The van der Waals surface area contributed by atoms with Crippen LogP contribution in [0.2, 0.25) is 0 Å². The highest BCUT2D eigenvalue weighted by Crippen LogP contribution is 2.58. The van der Waals surface area contributed by atoms with Crippen LogP contribution in [0, 0.1) is 16.6 Å². The molecule has 7 aliphatic rings. The Labute approximate surface area is 417 Å². The van der Waals surface area contributed by atoms with Crippen LogP contribution < -0.4 is 25.2 Å². The molecular weight excluding hydrogens is 917 g/mol. The van der Waals surface area contributed by atoms with Crippen molar-refractivity contribution in [1.29, 1.82) is 0 Å². The van der Waals surface area contributed by atoms with Crippen molar-refractivity contribution in [2.45, 2.75) is 101 Å². The Morgan fingerprint density at radius 2 is 1.62 bits per heavy atom. The highest BCUT2D eigenvalue weighted by molar-refractivity contribution is 6.02. The van der Waals surface area contributed by atoms with E-state index < -0.39 is 17.5 Å². The predicted molar refractivity (Wildman–Crippen MR) is 272 cm³/mol. The van der Waals surface area contributed by atoms with Crippen LogP contribution in [0.3, 0.4) is 0 Å². The highest BCUT2D eigenvalue weighted by Gasteiger charge is 2.57. The third-order valence-electron chi connectivity index (χ3n) is 17.5. The number of carbonyl (C=O) groups excluding carboxylic acids is 2. The summed E-state index contributed by atoms with van der Waals surface area (Å²) in [6.07, 6.45) is 12.5. The standard InChI is InChI=1S/C55H63F2N11O4/c1-2-34-4-3-5-35-23-40(69)24-41(46(34)35)48-47(56)49-42(26-58-48)50(67-27-37-6-7-38(28-67)60-37)63-52(62-49)72-33-54(12-13-54)31-64-16-14-53(15-17-64)29-55(57,30-53)32-65-18-20-66(21-19-65)39-8-9-43-36(22-39)25-59-68(43)44-10-11-45(70)61-51(44)71/h3-5,8-9,22-26,37-38,44,60,69H,2,6-7,10-21,27-33H2,1H3,(H,61,70,71). The van der Waals surface area contributed by atoms with Crippen molar-refractivity contribution in [3.63, 3.8) is 0 Å². The molecule has 13 rings (SSSR count). The number of ether oxygens (including phenoxy) is 1. The molecule has 6 aromatic rings. The van der Waals surface area contributed by atoms with Gasteiger partial charge in [0.25, 0.3) is 5.91 Å². The topological polar surface area (TPSA) is 157 Å². The number of carbonyl (C=O) groups is 2. The van der Waals surface area contributed by atoms with E-state index >= 15 is 8.78 Å². The zero-order valence-electron chi connectivity index (χ0n) is 41.0. The number of alkyl halides is 1. The van der Waals surface area contributed by atoms with Gasteiger partial charge in [0.1, 0.15) is 34.5 Å². The number of aryl methyl sites for hydroxylation is 1. The van der Waals surface area contributed by atoms with Gasteiger partial charge in [-0.3, -0.25) is 29.5 Å². The van der Waals surface area contributed by atoms with Crippen molar-refractivity contribution < 1.29 is 28.2 Å². The molecule has 3 aromatic heterocycles. The molecule has 2 aliphatic carbocycles. The van der Waals surface area contributed by atoms with Gasteiger partial charge in [0, 0.05) is 99.1 Å². The number of phenolic OH excluding ortho intramolecular Hbond substituents is 1. The largest absolute Gasteiger partial charge is 0.508 e. The van der Waals surface area contributed by atoms with Crippen LogP contribution in [-0.2, 0) is 16.0 Å². The summed E-state index contributed by atoms with van der Waals surface area (Å²) in [5, 5.41) is 24.6. The average molecular weight is 980 g/mol.